The molecular weight excluding hydrogens is 304 g/mol. The molecule has 3 rings (SSSR count). The van der Waals surface area contributed by atoms with Crippen molar-refractivity contribution in [3.05, 3.63) is 60.6 Å². The lowest BCUT2D eigenvalue weighted by molar-refractivity contribution is -0.638. The number of pyridine rings is 1. The van der Waals surface area contributed by atoms with Gasteiger partial charge in [-0.25, -0.2) is 10.8 Å². The zero-order valence-electron chi connectivity index (χ0n) is 13.3. The minimum Gasteiger partial charge on any atom is -0.475 e. The smallest absolute Gasteiger partial charge is 0.225 e. The van der Waals surface area contributed by atoms with Gasteiger partial charge in [0.1, 0.15) is 12.8 Å². The van der Waals surface area contributed by atoms with Crippen LogP contribution in [0.3, 0.4) is 0 Å². The van der Waals surface area contributed by atoms with E-state index in [1.165, 1.54) is 4.68 Å². The first-order valence-electron chi connectivity index (χ1n) is 7.54. The first kappa shape index (κ1) is 15.9. The van der Waals surface area contributed by atoms with Crippen LogP contribution in [-0.4, -0.2) is 28.3 Å². The van der Waals surface area contributed by atoms with E-state index in [4.69, 9.17) is 15.7 Å². The van der Waals surface area contributed by atoms with Gasteiger partial charge in [-0.05, 0) is 12.5 Å². The second-order valence-corrected chi connectivity index (χ2v) is 5.31. The lowest BCUT2D eigenvalue weighted by Gasteiger charge is -2.11. The molecule has 121 valence electrons. The SMILES string of the molecule is Cc1ccc(-c2[c]nc(-c3cc[n+](N)cc3)nc2OCCO)cc1. The molecule has 0 bridgehead atoms. The molecule has 0 aliphatic rings. The van der Waals surface area contributed by atoms with Crippen LogP contribution >= 0.6 is 0 Å². The Morgan fingerprint density at radius 1 is 1.12 bits per heavy atom. The number of ether oxygens (including phenoxy) is 1. The number of aryl methyl sites for hydroxylation is 1. The summed E-state index contributed by atoms with van der Waals surface area (Å²) in [5.74, 6) is 6.50. The number of benzene rings is 1. The Morgan fingerprint density at radius 3 is 2.50 bits per heavy atom. The molecule has 0 fully saturated rings. The second-order valence-electron chi connectivity index (χ2n) is 5.31. The summed E-state index contributed by atoms with van der Waals surface area (Å²) in [4.78, 5) is 8.80. The Morgan fingerprint density at radius 2 is 1.83 bits per heavy atom. The minimum absolute atomic E-state index is 0.0921. The van der Waals surface area contributed by atoms with Crippen LogP contribution in [-0.2, 0) is 0 Å². The Hall–Kier alpha value is -2.99. The van der Waals surface area contributed by atoms with E-state index in [9.17, 15) is 0 Å². The molecule has 1 radical (unpaired) electrons. The van der Waals surface area contributed by atoms with Crippen LogP contribution in [0.15, 0.2) is 48.8 Å². The number of aliphatic hydroxyl groups is 1. The number of aliphatic hydroxyl groups excluding tert-OH is 1. The van der Waals surface area contributed by atoms with Crippen molar-refractivity contribution in [1.29, 1.82) is 0 Å². The highest BCUT2D eigenvalue weighted by Crippen LogP contribution is 2.29. The average Bonchev–Trinajstić information content (AvgIpc) is 2.61. The van der Waals surface area contributed by atoms with Gasteiger partial charge >= 0.3 is 0 Å². The Bertz CT molecular complexity index is 817. The summed E-state index contributed by atoms with van der Waals surface area (Å²) in [6, 6.07) is 11.6. The van der Waals surface area contributed by atoms with Gasteiger partial charge in [-0.15, -0.1) is 0 Å². The summed E-state index contributed by atoms with van der Waals surface area (Å²) in [6.45, 7) is 2.08. The standard InChI is InChI=1S/C18H18N4O2/c1-13-2-4-14(5-3-13)16-12-20-17(21-18(16)24-11-10-23)15-6-8-22(19)9-7-15/h2-9,23H,10-11,19H2,1H3/q+1. The average molecular weight is 322 g/mol. The molecule has 6 heteroatoms. The van der Waals surface area contributed by atoms with E-state index in [1.807, 2.05) is 43.3 Å². The molecule has 0 unspecified atom stereocenters. The molecule has 0 aliphatic carbocycles. The summed E-state index contributed by atoms with van der Waals surface area (Å²) in [5.41, 5.74) is 3.54. The summed E-state index contributed by atoms with van der Waals surface area (Å²) < 4.78 is 7.04. The molecule has 24 heavy (non-hydrogen) atoms. The predicted octanol–water partition coefficient (Wildman–Crippen LogP) is 1.29. The molecule has 0 amide bonds. The maximum absolute atomic E-state index is 9.05. The molecule has 0 aliphatic heterocycles. The monoisotopic (exact) mass is 322 g/mol. The fourth-order valence-electron chi connectivity index (χ4n) is 2.20. The van der Waals surface area contributed by atoms with Crippen molar-refractivity contribution in [2.24, 2.45) is 0 Å². The van der Waals surface area contributed by atoms with Crippen molar-refractivity contribution in [1.82, 2.24) is 9.97 Å². The number of hydrogen-bond donors (Lipinski definition) is 2. The maximum Gasteiger partial charge on any atom is 0.225 e. The number of nitrogens with zero attached hydrogens (tertiary/aromatic N) is 3. The van der Waals surface area contributed by atoms with Gasteiger partial charge in [0.15, 0.2) is 18.2 Å². The van der Waals surface area contributed by atoms with E-state index in [2.05, 4.69) is 16.2 Å². The number of nitrogens with two attached hydrogens (primary N) is 1. The normalized spacial score (nSPS) is 10.6. The van der Waals surface area contributed by atoms with Gasteiger partial charge in [-0.3, -0.25) is 0 Å². The van der Waals surface area contributed by atoms with E-state index < -0.39 is 0 Å². The second kappa shape index (κ2) is 7.06. The molecule has 6 nitrogen and oxygen atoms in total. The van der Waals surface area contributed by atoms with Crippen molar-refractivity contribution >= 4 is 0 Å². The zero-order valence-corrected chi connectivity index (χ0v) is 13.3. The van der Waals surface area contributed by atoms with E-state index in [-0.39, 0.29) is 13.2 Å². The number of rotatable bonds is 5. The molecule has 0 saturated carbocycles. The summed E-state index contributed by atoms with van der Waals surface area (Å²) in [6.07, 6.45) is 6.42. The predicted molar refractivity (Wildman–Crippen MR) is 89.4 cm³/mol. The fourth-order valence-corrected chi connectivity index (χ4v) is 2.20. The van der Waals surface area contributed by atoms with Crippen molar-refractivity contribution in [2.45, 2.75) is 6.92 Å². The van der Waals surface area contributed by atoms with Crippen LogP contribution in [0.1, 0.15) is 5.56 Å². The Labute approximate surface area is 140 Å². The van der Waals surface area contributed by atoms with Crippen LogP contribution in [0.4, 0.5) is 0 Å². The lowest BCUT2D eigenvalue weighted by Crippen LogP contribution is -2.43. The largest absolute Gasteiger partial charge is 0.475 e. The van der Waals surface area contributed by atoms with Crippen molar-refractivity contribution < 1.29 is 14.5 Å². The van der Waals surface area contributed by atoms with Crippen molar-refractivity contribution in [3.63, 3.8) is 0 Å². The third-order valence-electron chi connectivity index (χ3n) is 3.48. The van der Waals surface area contributed by atoms with Gasteiger partial charge in [-0.2, -0.15) is 4.98 Å². The maximum atomic E-state index is 9.05. The van der Waals surface area contributed by atoms with Crippen LogP contribution < -0.4 is 15.3 Å². The third kappa shape index (κ3) is 3.49. The minimum atomic E-state index is -0.0921. The summed E-state index contributed by atoms with van der Waals surface area (Å²) in [5, 5.41) is 9.05. The lowest BCUT2D eigenvalue weighted by atomic mass is 10.1. The molecule has 2 heterocycles. The van der Waals surface area contributed by atoms with Gasteiger partial charge in [0, 0.05) is 17.7 Å². The number of nitrogen functional groups attached to an aromatic ring is 1. The van der Waals surface area contributed by atoms with Crippen LogP contribution in [0.25, 0.3) is 22.5 Å². The third-order valence-corrected chi connectivity index (χ3v) is 3.48. The van der Waals surface area contributed by atoms with Gasteiger partial charge in [0.25, 0.3) is 0 Å². The first-order chi connectivity index (χ1) is 11.7. The zero-order chi connectivity index (χ0) is 16.9. The van der Waals surface area contributed by atoms with Crippen LogP contribution in [0.2, 0.25) is 0 Å². The molecule has 3 aromatic rings. The molecular formula is C18H18N4O2+. The first-order valence-corrected chi connectivity index (χ1v) is 7.54. The van der Waals surface area contributed by atoms with Crippen molar-refractivity contribution in [3.8, 4) is 28.4 Å². The summed E-state index contributed by atoms with van der Waals surface area (Å²) >= 11 is 0. The van der Waals surface area contributed by atoms with E-state index >= 15 is 0 Å². The quantitative estimate of drug-likeness (QED) is 0.546. The highest BCUT2D eigenvalue weighted by molar-refractivity contribution is 5.69. The van der Waals surface area contributed by atoms with Gasteiger partial charge in [0.2, 0.25) is 5.88 Å². The highest BCUT2D eigenvalue weighted by atomic mass is 16.5. The van der Waals surface area contributed by atoms with Crippen LogP contribution in [0.5, 0.6) is 5.88 Å². The topological polar surface area (TPSA) is 85.1 Å². The molecule has 1 aromatic carbocycles. The molecule has 3 N–H and O–H groups in total. The van der Waals surface area contributed by atoms with Gasteiger partial charge < -0.3 is 9.84 Å². The van der Waals surface area contributed by atoms with E-state index in [1.54, 1.807) is 12.4 Å². The molecule has 0 atom stereocenters. The Balaban J connectivity index is 2.02. The number of hydrogen-bond acceptors (Lipinski definition) is 5. The molecule has 2 aromatic heterocycles. The van der Waals surface area contributed by atoms with Crippen molar-refractivity contribution in [2.75, 3.05) is 19.1 Å². The highest BCUT2D eigenvalue weighted by Gasteiger charge is 2.13. The summed E-state index contributed by atoms with van der Waals surface area (Å²) in [7, 11) is 0. The fraction of sp³-hybridized carbons (Fsp3) is 0.167. The Kier molecular flexibility index (Phi) is 4.67. The molecule has 0 spiro atoms. The number of aromatic nitrogens is 3. The van der Waals surface area contributed by atoms with Gasteiger partial charge in [-0.1, -0.05) is 34.5 Å². The van der Waals surface area contributed by atoms with Gasteiger partial charge in [0.05, 0.1) is 12.2 Å². The van der Waals surface area contributed by atoms with E-state index in [0.717, 1.165) is 16.7 Å². The van der Waals surface area contributed by atoms with E-state index in [0.29, 0.717) is 17.3 Å². The van der Waals surface area contributed by atoms with Crippen LogP contribution in [0, 0.1) is 13.1 Å². The molecule has 0 saturated heterocycles.